The Morgan fingerprint density at radius 1 is 1.45 bits per heavy atom. The van der Waals surface area contributed by atoms with Crippen molar-refractivity contribution in [2.45, 2.75) is 0 Å². The number of anilines is 1. The highest BCUT2D eigenvalue weighted by Gasteiger charge is 2.23. The van der Waals surface area contributed by atoms with Crippen LogP contribution in [0.3, 0.4) is 0 Å². The predicted octanol–water partition coefficient (Wildman–Crippen LogP) is 1.87. The zero-order chi connectivity index (χ0) is 15.3. The fraction of sp³-hybridized carbons (Fsp3) is 0. The summed E-state index contributed by atoms with van der Waals surface area (Å²) in [5.74, 6) is -1.43. The number of nitrogens with zero attached hydrogens (tertiary/aromatic N) is 4. The molecule has 0 heterocycles. The molecule has 0 saturated carbocycles. The molecule has 0 amide bonds. The normalized spacial score (nSPS) is 8.95. The largest absolute Gasteiger partial charge is 0.478 e. The summed E-state index contributed by atoms with van der Waals surface area (Å²) in [4.78, 5) is 21.2. The van der Waals surface area contributed by atoms with E-state index in [4.69, 9.17) is 15.6 Å². The third-order valence-corrected chi connectivity index (χ3v) is 2.46. The predicted molar refractivity (Wildman–Crippen MR) is 70.0 cm³/mol. The van der Waals surface area contributed by atoms with Crippen LogP contribution in [0.15, 0.2) is 21.7 Å². The smallest absolute Gasteiger partial charge is 0.338 e. The van der Waals surface area contributed by atoms with Gasteiger partial charge >= 0.3 is 5.97 Å². The third-order valence-electron chi connectivity index (χ3n) is 2.00. The van der Waals surface area contributed by atoms with Gasteiger partial charge in [0.1, 0.15) is 17.8 Å². The van der Waals surface area contributed by atoms with Gasteiger partial charge in [0.15, 0.2) is 0 Å². The fourth-order valence-corrected chi connectivity index (χ4v) is 1.66. The highest BCUT2D eigenvalue weighted by Crippen LogP contribution is 2.32. The molecule has 0 spiro atoms. The summed E-state index contributed by atoms with van der Waals surface area (Å²) in [7, 11) is 0. The summed E-state index contributed by atoms with van der Waals surface area (Å²) in [6, 6.07) is 5.06. The summed E-state index contributed by atoms with van der Waals surface area (Å²) in [5, 5.41) is 40.2. The number of hydrazone groups is 1. The van der Waals surface area contributed by atoms with Crippen molar-refractivity contribution in [1.29, 1.82) is 10.5 Å². The summed E-state index contributed by atoms with van der Waals surface area (Å²) in [6.07, 6.45) is 0. The second-order valence-electron chi connectivity index (χ2n) is 3.21. The molecule has 9 nitrogen and oxygen atoms in total. The molecule has 2 N–H and O–H groups in total. The van der Waals surface area contributed by atoms with E-state index < -0.39 is 33.5 Å². The Labute approximate surface area is 120 Å². The number of rotatable bonds is 4. The zero-order valence-corrected chi connectivity index (χ0v) is 11.1. The minimum absolute atomic E-state index is 0.192. The first-order valence-electron chi connectivity index (χ1n) is 4.75. The van der Waals surface area contributed by atoms with Crippen molar-refractivity contribution >= 4 is 39.0 Å². The maximum Gasteiger partial charge on any atom is 0.338 e. The van der Waals surface area contributed by atoms with Crippen molar-refractivity contribution in [2.24, 2.45) is 5.10 Å². The van der Waals surface area contributed by atoms with E-state index in [0.29, 0.717) is 0 Å². The lowest BCUT2D eigenvalue weighted by Gasteiger charge is -2.06. The number of nitrogens with one attached hydrogen (secondary N) is 1. The molecule has 0 aromatic heterocycles. The Hall–Kier alpha value is -2.98. The molecular formula is C10H4BrN5O4. The molecule has 0 aliphatic rings. The highest BCUT2D eigenvalue weighted by molar-refractivity contribution is 9.10. The fourth-order valence-electron chi connectivity index (χ4n) is 1.21. The number of carboxylic acids is 1. The summed E-state index contributed by atoms with van der Waals surface area (Å²) in [5.41, 5.74) is 0.0669. The van der Waals surface area contributed by atoms with E-state index >= 15 is 0 Å². The van der Waals surface area contributed by atoms with E-state index in [9.17, 15) is 14.9 Å². The van der Waals surface area contributed by atoms with Crippen molar-refractivity contribution < 1.29 is 14.8 Å². The molecule has 0 radical (unpaired) electrons. The second-order valence-corrected chi connectivity index (χ2v) is 4.12. The Bertz CT molecular complexity index is 650. The molecular weight excluding hydrogens is 334 g/mol. The van der Waals surface area contributed by atoms with Gasteiger partial charge in [-0.1, -0.05) is 15.9 Å². The Kier molecular flexibility index (Phi) is 4.72. The van der Waals surface area contributed by atoms with E-state index in [1.54, 1.807) is 0 Å². The first-order chi connectivity index (χ1) is 9.40. The van der Waals surface area contributed by atoms with Crippen molar-refractivity contribution in [3.8, 4) is 12.1 Å². The summed E-state index contributed by atoms with van der Waals surface area (Å²) < 4.78 is 0.192. The summed E-state index contributed by atoms with van der Waals surface area (Å²) >= 11 is 2.96. The number of carboxylic acid groups (broad SMARTS) is 1. The van der Waals surface area contributed by atoms with Gasteiger partial charge in [-0.3, -0.25) is 15.5 Å². The van der Waals surface area contributed by atoms with Gasteiger partial charge < -0.3 is 5.11 Å². The van der Waals surface area contributed by atoms with Gasteiger partial charge in [0.2, 0.25) is 5.71 Å². The Morgan fingerprint density at radius 2 is 2.05 bits per heavy atom. The van der Waals surface area contributed by atoms with Crippen LogP contribution < -0.4 is 5.43 Å². The van der Waals surface area contributed by atoms with Crippen LogP contribution in [0.1, 0.15) is 10.4 Å². The molecule has 0 aliphatic carbocycles. The minimum Gasteiger partial charge on any atom is -0.478 e. The Morgan fingerprint density at radius 3 is 2.50 bits per heavy atom. The maximum atomic E-state index is 11.1. The van der Waals surface area contributed by atoms with E-state index in [2.05, 4.69) is 26.5 Å². The van der Waals surface area contributed by atoms with Gasteiger partial charge in [-0.05, 0) is 6.07 Å². The highest BCUT2D eigenvalue weighted by atomic mass is 79.9. The van der Waals surface area contributed by atoms with Crippen LogP contribution >= 0.6 is 15.9 Å². The molecule has 0 aliphatic heterocycles. The van der Waals surface area contributed by atoms with Crippen LogP contribution in [0.4, 0.5) is 11.4 Å². The number of nitriles is 2. The number of carbonyl (C=O) groups is 1. The molecule has 10 heteroatoms. The lowest BCUT2D eigenvalue weighted by atomic mass is 10.1. The molecule has 0 bridgehead atoms. The van der Waals surface area contributed by atoms with Gasteiger partial charge in [0, 0.05) is 10.5 Å². The lowest BCUT2D eigenvalue weighted by molar-refractivity contribution is -0.384. The molecule has 0 fully saturated rings. The van der Waals surface area contributed by atoms with Gasteiger partial charge in [-0.15, -0.1) is 0 Å². The number of aromatic carboxylic acids is 1. The van der Waals surface area contributed by atoms with Crippen LogP contribution in [-0.2, 0) is 0 Å². The topological polar surface area (TPSA) is 152 Å². The van der Waals surface area contributed by atoms with Crippen LogP contribution in [0.2, 0.25) is 0 Å². The molecule has 1 aromatic carbocycles. The number of halogens is 1. The summed E-state index contributed by atoms with van der Waals surface area (Å²) in [6.45, 7) is 0. The van der Waals surface area contributed by atoms with E-state index in [0.717, 1.165) is 12.1 Å². The monoisotopic (exact) mass is 337 g/mol. The number of hydrogen-bond donors (Lipinski definition) is 2. The van der Waals surface area contributed by atoms with E-state index in [1.165, 1.54) is 12.1 Å². The number of nitro benzene ring substituents is 1. The average molecular weight is 338 g/mol. The van der Waals surface area contributed by atoms with E-state index in [1.807, 2.05) is 0 Å². The molecule has 0 unspecified atom stereocenters. The van der Waals surface area contributed by atoms with Crippen LogP contribution in [0.25, 0.3) is 0 Å². The lowest BCUT2D eigenvalue weighted by Crippen LogP contribution is -2.07. The average Bonchev–Trinajstić information content (AvgIpc) is 2.40. The van der Waals surface area contributed by atoms with Gasteiger partial charge in [-0.25, -0.2) is 4.79 Å². The zero-order valence-electron chi connectivity index (χ0n) is 9.49. The number of nitro groups is 1. The SMILES string of the molecule is N#CC(C#N)=NNc1c(C(=O)O)cc(Br)cc1[N+](=O)[O-]. The Balaban J connectivity index is 3.47. The number of hydrogen-bond acceptors (Lipinski definition) is 7. The van der Waals surface area contributed by atoms with Crippen LogP contribution in [-0.4, -0.2) is 21.7 Å². The van der Waals surface area contributed by atoms with Crippen LogP contribution in [0, 0.1) is 32.8 Å². The molecule has 0 atom stereocenters. The van der Waals surface area contributed by atoms with Gasteiger partial charge in [0.25, 0.3) is 5.69 Å². The molecule has 20 heavy (non-hydrogen) atoms. The van der Waals surface area contributed by atoms with Crippen LogP contribution in [0.5, 0.6) is 0 Å². The van der Waals surface area contributed by atoms with Crippen molar-refractivity contribution in [1.82, 2.24) is 0 Å². The molecule has 0 saturated heterocycles. The van der Waals surface area contributed by atoms with E-state index in [-0.39, 0.29) is 4.47 Å². The van der Waals surface area contributed by atoms with Crippen molar-refractivity contribution in [2.75, 3.05) is 5.43 Å². The quantitative estimate of drug-likeness (QED) is 0.483. The van der Waals surface area contributed by atoms with Gasteiger partial charge in [0.05, 0.1) is 10.5 Å². The minimum atomic E-state index is -1.43. The first-order valence-corrected chi connectivity index (χ1v) is 5.55. The second kappa shape index (κ2) is 6.26. The third kappa shape index (κ3) is 3.28. The standard InChI is InChI=1S/C10H4BrN5O4/c11-5-1-7(10(17)18)9(8(2-5)16(19)20)15-14-6(3-12)4-13/h1-2,15H,(H,17,18). The molecule has 1 aromatic rings. The van der Waals surface area contributed by atoms with Crippen molar-refractivity contribution in [3.63, 3.8) is 0 Å². The van der Waals surface area contributed by atoms with Crippen molar-refractivity contribution in [3.05, 3.63) is 32.3 Å². The molecule has 100 valence electrons. The van der Waals surface area contributed by atoms with Gasteiger partial charge in [-0.2, -0.15) is 15.6 Å². The first kappa shape index (κ1) is 15.1. The maximum absolute atomic E-state index is 11.1. The molecule has 1 rings (SSSR count). The number of benzene rings is 1.